The maximum absolute atomic E-state index is 12.7. The summed E-state index contributed by atoms with van der Waals surface area (Å²) in [6.07, 6.45) is 2.76. The van der Waals surface area contributed by atoms with Crippen molar-refractivity contribution < 1.29 is 14.3 Å². The number of amides is 3. The second kappa shape index (κ2) is 9.97. The number of aromatic nitrogens is 1. The van der Waals surface area contributed by atoms with Gasteiger partial charge >= 0.3 is 6.03 Å². The van der Waals surface area contributed by atoms with Crippen LogP contribution in [0.2, 0.25) is 0 Å². The number of ether oxygens (including phenoxy) is 1. The molecule has 0 fully saturated rings. The second-order valence-electron chi connectivity index (χ2n) is 6.02. The summed E-state index contributed by atoms with van der Waals surface area (Å²) in [6, 6.07) is 3.80. The quantitative estimate of drug-likeness (QED) is 0.684. The van der Waals surface area contributed by atoms with E-state index in [4.69, 9.17) is 4.74 Å². The van der Waals surface area contributed by atoms with Crippen LogP contribution in [0, 0.1) is 0 Å². The van der Waals surface area contributed by atoms with Gasteiger partial charge in [-0.2, -0.15) is 0 Å². The van der Waals surface area contributed by atoms with E-state index in [1.54, 1.807) is 31.0 Å². The first kappa shape index (κ1) is 20.0. The number of methoxy groups -OCH3 is 1. The number of urea groups is 1. The largest absolute Gasteiger partial charge is 0.383 e. The summed E-state index contributed by atoms with van der Waals surface area (Å²) in [5.41, 5.74) is 1.04. The van der Waals surface area contributed by atoms with Gasteiger partial charge in [-0.15, -0.1) is 0 Å². The van der Waals surface area contributed by atoms with E-state index >= 15 is 0 Å². The van der Waals surface area contributed by atoms with Crippen molar-refractivity contribution in [2.45, 2.75) is 19.9 Å². The molecule has 1 aromatic heterocycles. The number of hydrogen-bond donors (Lipinski definition) is 0. The number of carbonyl (C=O) groups excluding carboxylic acids is 2. The fraction of sp³-hybridized carbons (Fsp3) is 0.647. The average Bonchev–Trinajstić information content (AvgIpc) is 2.94. The van der Waals surface area contributed by atoms with E-state index < -0.39 is 0 Å². The number of carbonyl (C=O) groups is 2. The van der Waals surface area contributed by atoms with Gasteiger partial charge in [0.15, 0.2) is 0 Å². The summed E-state index contributed by atoms with van der Waals surface area (Å²) in [4.78, 5) is 29.8. The molecule has 0 N–H and O–H groups in total. The molecule has 0 saturated carbocycles. The van der Waals surface area contributed by atoms with Crippen molar-refractivity contribution in [3.63, 3.8) is 0 Å². The maximum Gasteiger partial charge on any atom is 0.319 e. The molecule has 1 rings (SSSR count). The highest BCUT2D eigenvalue weighted by Crippen LogP contribution is 2.07. The van der Waals surface area contributed by atoms with Crippen molar-refractivity contribution in [2.24, 2.45) is 7.05 Å². The molecule has 0 bridgehead atoms. The summed E-state index contributed by atoms with van der Waals surface area (Å²) in [5, 5.41) is 0. The zero-order valence-corrected chi connectivity index (χ0v) is 15.5. The smallest absolute Gasteiger partial charge is 0.319 e. The lowest BCUT2D eigenvalue weighted by Crippen LogP contribution is -2.47. The second-order valence-corrected chi connectivity index (χ2v) is 6.02. The standard InChI is InChI=1S/C17H30N4O3/c1-6-9-21(17(23)18(2)3)14-16(22)20(11-12-24-5)13-15-8-7-10-19(15)4/h7-8,10H,6,9,11-14H2,1-5H3. The predicted molar refractivity (Wildman–Crippen MR) is 93.7 cm³/mol. The Kier molecular flexibility index (Phi) is 8.32. The van der Waals surface area contributed by atoms with Crippen LogP contribution in [0.5, 0.6) is 0 Å². The van der Waals surface area contributed by atoms with E-state index in [0.29, 0.717) is 26.2 Å². The van der Waals surface area contributed by atoms with E-state index in [1.807, 2.05) is 36.9 Å². The molecule has 0 radical (unpaired) electrons. The van der Waals surface area contributed by atoms with E-state index in [9.17, 15) is 9.59 Å². The third-order valence-electron chi connectivity index (χ3n) is 3.79. The fourth-order valence-corrected chi connectivity index (χ4v) is 2.41. The molecule has 0 aliphatic rings. The monoisotopic (exact) mass is 338 g/mol. The van der Waals surface area contributed by atoms with Crippen LogP contribution in [0.25, 0.3) is 0 Å². The third-order valence-corrected chi connectivity index (χ3v) is 3.79. The van der Waals surface area contributed by atoms with E-state index in [-0.39, 0.29) is 18.5 Å². The maximum atomic E-state index is 12.7. The van der Waals surface area contributed by atoms with E-state index in [2.05, 4.69) is 0 Å². The number of aryl methyl sites for hydroxylation is 1. The molecule has 1 heterocycles. The van der Waals surface area contributed by atoms with Gasteiger partial charge in [-0.1, -0.05) is 6.92 Å². The first-order chi connectivity index (χ1) is 11.4. The van der Waals surface area contributed by atoms with Crippen LogP contribution in [0.1, 0.15) is 19.0 Å². The molecule has 136 valence electrons. The van der Waals surface area contributed by atoms with Crippen LogP contribution in [0.4, 0.5) is 4.79 Å². The minimum Gasteiger partial charge on any atom is -0.383 e. The van der Waals surface area contributed by atoms with Gasteiger partial charge in [0, 0.05) is 53.2 Å². The number of rotatable bonds is 9. The topological polar surface area (TPSA) is 58.0 Å². The van der Waals surface area contributed by atoms with E-state index in [0.717, 1.165) is 12.1 Å². The molecular formula is C17H30N4O3. The van der Waals surface area contributed by atoms with Gasteiger partial charge in [0.2, 0.25) is 5.91 Å². The van der Waals surface area contributed by atoms with Crippen LogP contribution in [0.3, 0.4) is 0 Å². The van der Waals surface area contributed by atoms with Crippen molar-refractivity contribution in [2.75, 3.05) is 47.4 Å². The van der Waals surface area contributed by atoms with Gasteiger partial charge < -0.3 is 24.0 Å². The highest BCUT2D eigenvalue weighted by Gasteiger charge is 2.22. The third kappa shape index (κ3) is 5.88. The molecule has 0 aromatic carbocycles. The van der Waals surface area contributed by atoms with Gasteiger partial charge in [-0.3, -0.25) is 4.79 Å². The highest BCUT2D eigenvalue weighted by molar-refractivity contribution is 5.84. The minimum absolute atomic E-state index is 0.0723. The highest BCUT2D eigenvalue weighted by atomic mass is 16.5. The number of nitrogens with zero attached hydrogens (tertiary/aromatic N) is 4. The number of hydrogen-bond acceptors (Lipinski definition) is 3. The van der Waals surface area contributed by atoms with Crippen molar-refractivity contribution in [3.8, 4) is 0 Å². The normalized spacial score (nSPS) is 10.5. The summed E-state index contributed by atoms with van der Waals surface area (Å²) in [7, 11) is 6.96. The zero-order chi connectivity index (χ0) is 18.1. The molecular weight excluding hydrogens is 308 g/mol. The van der Waals surface area contributed by atoms with Gasteiger partial charge in [0.05, 0.1) is 13.2 Å². The molecule has 1 aromatic rings. The molecule has 7 heteroatoms. The van der Waals surface area contributed by atoms with Crippen molar-refractivity contribution in [3.05, 3.63) is 24.0 Å². The van der Waals surface area contributed by atoms with Crippen molar-refractivity contribution in [1.82, 2.24) is 19.3 Å². The Morgan fingerprint density at radius 2 is 1.92 bits per heavy atom. The first-order valence-corrected chi connectivity index (χ1v) is 8.23. The Hall–Kier alpha value is -2.02. The summed E-state index contributed by atoms with van der Waals surface area (Å²) < 4.78 is 7.11. The van der Waals surface area contributed by atoms with Crippen LogP contribution in [0.15, 0.2) is 18.3 Å². The molecule has 7 nitrogen and oxygen atoms in total. The lowest BCUT2D eigenvalue weighted by molar-refractivity contribution is -0.133. The fourth-order valence-electron chi connectivity index (χ4n) is 2.41. The van der Waals surface area contributed by atoms with Crippen LogP contribution >= 0.6 is 0 Å². The van der Waals surface area contributed by atoms with Gasteiger partial charge in [-0.25, -0.2) is 4.79 Å². The Bertz CT molecular complexity index is 528. The molecule has 0 spiro atoms. The van der Waals surface area contributed by atoms with Gasteiger partial charge in [0.25, 0.3) is 0 Å². The van der Waals surface area contributed by atoms with Gasteiger partial charge in [-0.05, 0) is 18.6 Å². The van der Waals surface area contributed by atoms with Gasteiger partial charge in [0.1, 0.15) is 6.54 Å². The molecule has 3 amide bonds. The molecule has 0 saturated heterocycles. The first-order valence-electron chi connectivity index (χ1n) is 8.23. The Labute approximate surface area is 144 Å². The summed E-state index contributed by atoms with van der Waals surface area (Å²) in [5.74, 6) is -0.0723. The molecule has 0 unspecified atom stereocenters. The SMILES string of the molecule is CCCN(CC(=O)N(CCOC)Cc1cccn1C)C(=O)N(C)C. The van der Waals surface area contributed by atoms with E-state index in [1.165, 1.54) is 4.90 Å². The Balaban J connectivity index is 2.81. The minimum atomic E-state index is -0.143. The predicted octanol–water partition coefficient (Wildman–Crippen LogP) is 1.39. The lowest BCUT2D eigenvalue weighted by Gasteiger charge is -2.29. The lowest BCUT2D eigenvalue weighted by atomic mass is 10.3. The summed E-state index contributed by atoms with van der Waals surface area (Å²) >= 11 is 0. The molecule has 0 atom stereocenters. The molecule has 0 aliphatic heterocycles. The van der Waals surface area contributed by atoms with Crippen molar-refractivity contribution >= 4 is 11.9 Å². The summed E-state index contributed by atoms with van der Waals surface area (Å²) in [6.45, 7) is 4.10. The van der Waals surface area contributed by atoms with Crippen LogP contribution in [-0.2, 0) is 23.1 Å². The average molecular weight is 338 g/mol. The molecule has 24 heavy (non-hydrogen) atoms. The van der Waals surface area contributed by atoms with Crippen molar-refractivity contribution in [1.29, 1.82) is 0 Å². The molecule has 0 aliphatic carbocycles. The zero-order valence-electron chi connectivity index (χ0n) is 15.5. The Morgan fingerprint density at radius 3 is 2.42 bits per heavy atom. The Morgan fingerprint density at radius 1 is 1.21 bits per heavy atom. The van der Waals surface area contributed by atoms with Crippen LogP contribution in [-0.4, -0.2) is 78.7 Å². The van der Waals surface area contributed by atoms with Crippen LogP contribution < -0.4 is 0 Å².